The van der Waals surface area contributed by atoms with E-state index in [1.165, 1.54) is 24.3 Å². The lowest BCUT2D eigenvalue weighted by atomic mass is 10.1. The first-order chi connectivity index (χ1) is 17.3. The van der Waals surface area contributed by atoms with Gasteiger partial charge in [0.05, 0.1) is 19.0 Å². The molecule has 4 atom stereocenters. The van der Waals surface area contributed by atoms with E-state index < -0.39 is 36.4 Å². The number of carbonyl (C=O) groups excluding carboxylic acids is 2. The quantitative estimate of drug-likeness (QED) is 0.265. The number of anilines is 1. The number of nitrogens with zero attached hydrogens (tertiary/aromatic N) is 5. The summed E-state index contributed by atoms with van der Waals surface area (Å²) in [6.45, 7) is 1.10. The molecule has 1 aliphatic heterocycles. The molecule has 0 bridgehead atoms. The molecule has 2 aromatic heterocycles. The van der Waals surface area contributed by atoms with Gasteiger partial charge in [-0.25, -0.2) is 19.7 Å². The number of aliphatic hydroxyl groups is 2. The first kappa shape index (κ1) is 25.4. The fraction of sp³-hybridized carbons (Fsp3) is 0.435. The molecule has 36 heavy (non-hydrogen) atoms. The molecular weight excluding hydrogens is 470 g/mol. The molecule has 1 fully saturated rings. The number of aromatic nitrogens is 4. The van der Waals surface area contributed by atoms with Gasteiger partial charge in [-0.1, -0.05) is 12.1 Å². The Kier molecular flexibility index (Phi) is 7.74. The fourth-order valence-corrected chi connectivity index (χ4v) is 4.31. The van der Waals surface area contributed by atoms with Crippen LogP contribution in [-0.2, 0) is 20.8 Å². The highest BCUT2D eigenvalue weighted by molar-refractivity contribution is 5.89. The summed E-state index contributed by atoms with van der Waals surface area (Å²) in [5.41, 5.74) is 13.1. The molecule has 1 aromatic carbocycles. The van der Waals surface area contributed by atoms with E-state index in [-0.39, 0.29) is 18.8 Å². The Labute approximate surface area is 206 Å². The number of methoxy groups -OCH3 is 1. The van der Waals surface area contributed by atoms with E-state index in [1.807, 2.05) is 11.0 Å². The van der Waals surface area contributed by atoms with Crippen molar-refractivity contribution in [3.05, 3.63) is 48.0 Å². The highest BCUT2D eigenvalue weighted by Gasteiger charge is 2.44. The van der Waals surface area contributed by atoms with E-state index in [0.29, 0.717) is 36.2 Å². The van der Waals surface area contributed by atoms with Gasteiger partial charge in [0.25, 0.3) is 0 Å². The molecule has 4 rings (SSSR count). The van der Waals surface area contributed by atoms with E-state index >= 15 is 0 Å². The van der Waals surface area contributed by atoms with Crippen LogP contribution in [-0.4, -0.2) is 85.0 Å². The lowest BCUT2D eigenvalue weighted by molar-refractivity contribution is -0.118. The standard InChI is InChI=1S/C23H29N7O6/c1-35-23(34)14-5-2-4-13(8-14)9-29(7-3-6-16(24)31)10-15-18(32)19(33)22(36-15)30-12-28-17-20(25)26-11-27-21(17)30/h2,4-5,8,11-12,15,18-19,22,32-33H,3,6-7,9-10H2,1H3,(H2,24,31)(H2,25,26,27)/t15-,18-,19-,22-/m1/s1. The average Bonchev–Trinajstić information content (AvgIpc) is 3.41. The number of imidazole rings is 1. The maximum absolute atomic E-state index is 11.9. The van der Waals surface area contributed by atoms with Crippen molar-refractivity contribution >= 4 is 28.9 Å². The first-order valence-corrected chi connectivity index (χ1v) is 11.4. The van der Waals surface area contributed by atoms with Crippen molar-refractivity contribution in [3.63, 3.8) is 0 Å². The maximum atomic E-state index is 11.9. The third-order valence-electron chi connectivity index (χ3n) is 6.09. The van der Waals surface area contributed by atoms with Crippen LogP contribution in [0.15, 0.2) is 36.9 Å². The second kappa shape index (κ2) is 11.0. The average molecular weight is 500 g/mol. The van der Waals surface area contributed by atoms with Crippen LogP contribution in [0.5, 0.6) is 0 Å². The highest BCUT2D eigenvalue weighted by Crippen LogP contribution is 2.32. The van der Waals surface area contributed by atoms with Crippen LogP contribution in [0.2, 0.25) is 0 Å². The lowest BCUT2D eigenvalue weighted by Crippen LogP contribution is -2.40. The number of rotatable bonds is 10. The van der Waals surface area contributed by atoms with Crippen LogP contribution in [0.25, 0.3) is 11.2 Å². The van der Waals surface area contributed by atoms with Crippen molar-refractivity contribution in [2.75, 3.05) is 25.9 Å². The van der Waals surface area contributed by atoms with Gasteiger partial charge in [-0.2, -0.15) is 0 Å². The number of fused-ring (bicyclic) bond motifs is 1. The van der Waals surface area contributed by atoms with Gasteiger partial charge in [-0.05, 0) is 30.7 Å². The van der Waals surface area contributed by atoms with Crippen LogP contribution in [0.1, 0.15) is 35.0 Å². The van der Waals surface area contributed by atoms with Gasteiger partial charge in [0, 0.05) is 19.5 Å². The summed E-state index contributed by atoms with van der Waals surface area (Å²) in [4.78, 5) is 37.4. The monoisotopic (exact) mass is 499 g/mol. The molecule has 1 saturated heterocycles. The minimum Gasteiger partial charge on any atom is -0.465 e. The van der Waals surface area contributed by atoms with Gasteiger partial charge in [-0.15, -0.1) is 0 Å². The number of nitrogens with two attached hydrogens (primary N) is 2. The normalized spacial score (nSPS) is 21.8. The Balaban J connectivity index is 1.52. The Bertz CT molecular complexity index is 1230. The number of hydrogen-bond donors (Lipinski definition) is 4. The van der Waals surface area contributed by atoms with Crippen LogP contribution >= 0.6 is 0 Å². The van der Waals surface area contributed by atoms with Gasteiger partial charge < -0.3 is 31.2 Å². The third-order valence-corrected chi connectivity index (χ3v) is 6.09. The molecule has 13 heteroatoms. The minimum atomic E-state index is -1.25. The van der Waals surface area contributed by atoms with Gasteiger partial charge in [-0.3, -0.25) is 14.3 Å². The number of aliphatic hydroxyl groups excluding tert-OH is 2. The number of carbonyl (C=O) groups is 2. The smallest absolute Gasteiger partial charge is 0.337 e. The molecule has 3 heterocycles. The zero-order valence-electron chi connectivity index (χ0n) is 19.7. The second-order valence-electron chi connectivity index (χ2n) is 8.63. The predicted octanol–water partition coefficient (Wildman–Crippen LogP) is -0.418. The fourth-order valence-electron chi connectivity index (χ4n) is 4.31. The second-order valence-corrected chi connectivity index (χ2v) is 8.63. The van der Waals surface area contributed by atoms with E-state index in [0.717, 1.165) is 5.56 Å². The summed E-state index contributed by atoms with van der Waals surface area (Å²) in [6, 6.07) is 6.99. The largest absolute Gasteiger partial charge is 0.465 e. The molecule has 1 amide bonds. The van der Waals surface area contributed by atoms with Gasteiger partial charge >= 0.3 is 5.97 Å². The van der Waals surface area contributed by atoms with E-state index in [4.69, 9.17) is 20.9 Å². The van der Waals surface area contributed by atoms with Crippen LogP contribution < -0.4 is 11.5 Å². The summed E-state index contributed by atoms with van der Waals surface area (Å²) in [5.74, 6) is -0.670. The Morgan fingerprint density at radius 3 is 2.78 bits per heavy atom. The molecule has 6 N–H and O–H groups in total. The molecule has 0 unspecified atom stereocenters. The van der Waals surface area contributed by atoms with Gasteiger partial charge in [0.2, 0.25) is 5.91 Å². The molecule has 3 aromatic rings. The number of ether oxygens (including phenoxy) is 2. The van der Waals surface area contributed by atoms with Crippen molar-refractivity contribution < 1.29 is 29.3 Å². The highest BCUT2D eigenvalue weighted by atomic mass is 16.6. The number of amides is 1. The zero-order chi connectivity index (χ0) is 25.8. The Hall–Kier alpha value is -3.65. The topological polar surface area (TPSA) is 192 Å². The molecule has 0 radical (unpaired) electrons. The minimum absolute atomic E-state index is 0.193. The Morgan fingerprint density at radius 1 is 1.22 bits per heavy atom. The van der Waals surface area contributed by atoms with E-state index in [2.05, 4.69) is 15.0 Å². The number of esters is 1. The molecule has 0 spiro atoms. The summed E-state index contributed by atoms with van der Waals surface area (Å²) >= 11 is 0. The van der Waals surface area contributed by atoms with Gasteiger partial charge in [0.15, 0.2) is 17.7 Å². The maximum Gasteiger partial charge on any atom is 0.337 e. The predicted molar refractivity (Wildman–Crippen MR) is 127 cm³/mol. The Morgan fingerprint density at radius 2 is 2.03 bits per heavy atom. The number of primary amides is 1. The van der Waals surface area contributed by atoms with Crippen LogP contribution in [0, 0.1) is 0 Å². The number of nitrogen functional groups attached to an aromatic ring is 1. The molecule has 0 aliphatic carbocycles. The third kappa shape index (κ3) is 5.44. The number of hydrogen-bond acceptors (Lipinski definition) is 11. The van der Waals surface area contributed by atoms with Crippen molar-refractivity contribution in [1.82, 2.24) is 24.4 Å². The molecule has 0 saturated carbocycles. The van der Waals surface area contributed by atoms with Crippen LogP contribution in [0.3, 0.4) is 0 Å². The molecule has 192 valence electrons. The summed E-state index contributed by atoms with van der Waals surface area (Å²) in [6.07, 6.45) is -0.761. The van der Waals surface area contributed by atoms with Crippen molar-refractivity contribution in [2.24, 2.45) is 5.73 Å². The van der Waals surface area contributed by atoms with Crippen LogP contribution in [0.4, 0.5) is 5.82 Å². The summed E-state index contributed by atoms with van der Waals surface area (Å²) < 4.78 is 12.4. The van der Waals surface area contributed by atoms with Crippen molar-refractivity contribution in [1.29, 1.82) is 0 Å². The van der Waals surface area contributed by atoms with E-state index in [1.54, 1.807) is 18.2 Å². The van der Waals surface area contributed by atoms with E-state index in [9.17, 15) is 19.8 Å². The van der Waals surface area contributed by atoms with Crippen molar-refractivity contribution in [2.45, 2.75) is 43.9 Å². The summed E-state index contributed by atoms with van der Waals surface area (Å²) in [5, 5.41) is 21.6. The lowest BCUT2D eigenvalue weighted by Gasteiger charge is -2.27. The number of benzene rings is 1. The molecule has 13 nitrogen and oxygen atoms in total. The zero-order valence-corrected chi connectivity index (χ0v) is 19.7. The molecular formula is C23H29N7O6. The molecule has 1 aliphatic rings. The SMILES string of the molecule is COC(=O)c1cccc(CN(CCCC(N)=O)C[C@H]2O[C@@H](n3cnc4c(N)ncnc43)[C@H](O)[C@@H]2O)c1. The van der Waals surface area contributed by atoms with Gasteiger partial charge in [0.1, 0.15) is 30.2 Å². The van der Waals surface area contributed by atoms with Crippen molar-refractivity contribution in [3.8, 4) is 0 Å². The summed E-state index contributed by atoms with van der Waals surface area (Å²) in [7, 11) is 1.32. The first-order valence-electron chi connectivity index (χ1n) is 11.4.